The molecule has 3 aromatic carbocycles. The van der Waals surface area contributed by atoms with Gasteiger partial charge in [-0.1, -0.05) is 18.1 Å². The molecule has 13 rings (SSSR count). The number of halogens is 1. The number of phenolic OH excluding ortho intramolecular Hbond substituents is 1. The number of nitrogens with one attached hydrogen (secondary N) is 2. The lowest BCUT2D eigenvalue weighted by Gasteiger charge is -2.48. The fourth-order valence-electron chi connectivity index (χ4n) is 13.5. The van der Waals surface area contributed by atoms with Crippen LogP contribution in [0.4, 0.5) is 15.9 Å². The molecule has 8 heterocycles. The molecule has 2 aromatic heterocycles. The zero-order valence-corrected chi connectivity index (χ0v) is 40.0. The average molecular weight is 959 g/mol. The number of carbonyl (C=O) groups is 3. The lowest BCUT2D eigenvalue weighted by atomic mass is 9.61. The first kappa shape index (κ1) is 44.5. The van der Waals surface area contributed by atoms with Gasteiger partial charge in [0.1, 0.15) is 28.8 Å². The SMILES string of the molecule is C#Cc1cccc2cc(O)cc(-c3ncc4c(N5CC6CCC(C5)N6)nc(OCC5(CN6CC[C@]7(C6)C[C@@H](CN6CCN(c8ccc9c(c8)CN([C@H]8CCC(=O)NC8=O)C9=O)CC6)C7)CC5)nc4c3F)c12. The third-order valence-electron chi connectivity index (χ3n) is 17.3. The summed E-state index contributed by atoms with van der Waals surface area (Å²) in [6.45, 7) is 10.5. The van der Waals surface area contributed by atoms with Crippen molar-refractivity contribution in [2.45, 2.75) is 82.5 Å². The largest absolute Gasteiger partial charge is 0.508 e. The standard InChI is InChI=1S/C55H59FN10O5/c1-2-34-4-3-5-35-21-40(67)22-42(46(34)35)48-47(56)49-43(25-57-48)50(65-28-37-6-7-38(29-65)58-37)61-53(60-49)71-32-54(12-13-54)30-63-15-14-55(31-63)23-33(24-55)26-62-16-18-64(19-17-62)39-8-9-41-36(20-39)27-66(52(41)70)44-10-11-45(68)59-51(44)69/h1,3-5,8-9,20-22,25,33,37-38,44,58,67H,6-7,10-19,23-24,26-32H2,(H,59,68,69)/t33-,37?,38?,44-,55+/m0/s1. The molecule has 5 aromatic rings. The summed E-state index contributed by atoms with van der Waals surface area (Å²) in [5, 5.41) is 18.7. The first-order valence-corrected chi connectivity index (χ1v) is 25.7. The number of imide groups is 1. The number of ether oxygens (including phenoxy) is 1. The molecule has 5 saturated heterocycles. The molecule has 3 N–H and O–H groups in total. The molecule has 15 nitrogen and oxygen atoms in total. The number of hydrogen-bond acceptors (Lipinski definition) is 13. The number of likely N-dealkylation sites (tertiary alicyclic amines) is 1. The fraction of sp³-hybridized carbons (Fsp3) is 0.491. The average Bonchev–Trinajstić information content (AvgIpc) is 3.68. The van der Waals surface area contributed by atoms with E-state index in [1.54, 1.807) is 17.2 Å². The summed E-state index contributed by atoms with van der Waals surface area (Å²) in [5.41, 5.74) is 4.31. The van der Waals surface area contributed by atoms with Crippen LogP contribution in [0.3, 0.4) is 0 Å². The Bertz CT molecular complexity index is 3060. The van der Waals surface area contributed by atoms with E-state index >= 15 is 4.39 Å². The van der Waals surface area contributed by atoms with Gasteiger partial charge in [-0.2, -0.15) is 9.97 Å². The molecule has 366 valence electrons. The van der Waals surface area contributed by atoms with E-state index in [0.717, 1.165) is 102 Å². The number of nitrogens with zero attached hydrogens (tertiary/aromatic N) is 8. The number of fused-ring (bicyclic) bond motifs is 5. The number of piperidine rings is 1. The zero-order valence-electron chi connectivity index (χ0n) is 40.0. The molecule has 2 aliphatic carbocycles. The quantitative estimate of drug-likeness (QED) is 0.113. The molecule has 7 fully saturated rings. The molecule has 2 bridgehead atoms. The highest BCUT2D eigenvalue weighted by Gasteiger charge is 2.52. The number of benzene rings is 3. The summed E-state index contributed by atoms with van der Waals surface area (Å²) in [5.74, 6) is 2.66. The van der Waals surface area contributed by atoms with Crippen molar-refractivity contribution >= 4 is 50.9 Å². The number of aromatic nitrogens is 3. The van der Waals surface area contributed by atoms with Crippen LogP contribution in [0.5, 0.6) is 11.8 Å². The smallest absolute Gasteiger partial charge is 0.319 e. The molecule has 16 heteroatoms. The number of phenols is 1. The summed E-state index contributed by atoms with van der Waals surface area (Å²) < 4.78 is 23.7. The summed E-state index contributed by atoms with van der Waals surface area (Å²) in [4.78, 5) is 63.5. The van der Waals surface area contributed by atoms with Crippen molar-refractivity contribution in [1.82, 2.24) is 40.3 Å². The lowest BCUT2D eigenvalue weighted by Crippen LogP contribution is -2.52. The van der Waals surface area contributed by atoms with Gasteiger partial charge in [-0.05, 0) is 117 Å². The fourth-order valence-corrected chi connectivity index (χ4v) is 13.5. The maximum Gasteiger partial charge on any atom is 0.319 e. The van der Waals surface area contributed by atoms with Crippen molar-refractivity contribution in [3.63, 3.8) is 0 Å². The van der Waals surface area contributed by atoms with Crippen molar-refractivity contribution in [1.29, 1.82) is 0 Å². The monoisotopic (exact) mass is 958 g/mol. The highest BCUT2D eigenvalue weighted by atomic mass is 19.1. The Balaban J connectivity index is 0.639. The van der Waals surface area contributed by atoms with Crippen molar-refractivity contribution < 1.29 is 28.6 Å². The number of anilines is 2. The second-order valence-electron chi connectivity index (χ2n) is 22.1. The van der Waals surface area contributed by atoms with E-state index in [0.29, 0.717) is 81.7 Å². The number of carbonyl (C=O) groups excluding carboxylic acids is 3. The van der Waals surface area contributed by atoms with Crippen LogP contribution >= 0.6 is 0 Å². The Labute approximate surface area is 412 Å². The number of amides is 3. The summed E-state index contributed by atoms with van der Waals surface area (Å²) >= 11 is 0. The minimum Gasteiger partial charge on any atom is -0.508 e. The van der Waals surface area contributed by atoms with Gasteiger partial charge in [0.25, 0.3) is 5.91 Å². The summed E-state index contributed by atoms with van der Waals surface area (Å²) in [6.07, 6.45) is 16.3. The Morgan fingerprint density at radius 2 is 1.72 bits per heavy atom. The van der Waals surface area contributed by atoms with Gasteiger partial charge in [0.05, 0.1) is 12.0 Å². The van der Waals surface area contributed by atoms with Gasteiger partial charge in [0, 0.05) is 123 Å². The number of aromatic hydroxyl groups is 1. The van der Waals surface area contributed by atoms with E-state index in [1.165, 1.54) is 25.3 Å². The number of hydrogen-bond donors (Lipinski definition) is 3. The van der Waals surface area contributed by atoms with Gasteiger partial charge in [0.2, 0.25) is 11.8 Å². The zero-order chi connectivity index (χ0) is 48.2. The van der Waals surface area contributed by atoms with Crippen LogP contribution in [0.25, 0.3) is 32.9 Å². The predicted molar refractivity (Wildman–Crippen MR) is 267 cm³/mol. The molecule has 8 aliphatic rings. The van der Waals surface area contributed by atoms with Crippen LogP contribution < -0.4 is 25.2 Å². The van der Waals surface area contributed by atoms with E-state index in [1.807, 2.05) is 30.3 Å². The van der Waals surface area contributed by atoms with Crippen LogP contribution in [-0.4, -0.2) is 143 Å². The van der Waals surface area contributed by atoms with Crippen LogP contribution in [-0.2, 0) is 16.1 Å². The molecule has 71 heavy (non-hydrogen) atoms. The van der Waals surface area contributed by atoms with Gasteiger partial charge in [-0.15, -0.1) is 6.42 Å². The highest BCUT2D eigenvalue weighted by Crippen LogP contribution is 2.54. The van der Waals surface area contributed by atoms with E-state index in [4.69, 9.17) is 21.1 Å². The molecule has 2 saturated carbocycles. The Morgan fingerprint density at radius 3 is 2.49 bits per heavy atom. The van der Waals surface area contributed by atoms with Gasteiger partial charge >= 0.3 is 6.01 Å². The molecule has 0 radical (unpaired) electrons. The molecule has 1 spiro atoms. The third kappa shape index (κ3) is 8.10. The van der Waals surface area contributed by atoms with E-state index in [2.05, 4.69) is 47.2 Å². The normalized spacial score (nSPS) is 27.1. The van der Waals surface area contributed by atoms with E-state index in [-0.39, 0.29) is 52.5 Å². The molecular weight excluding hydrogens is 900 g/mol. The molecule has 3 atom stereocenters. The third-order valence-corrected chi connectivity index (χ3v) is 17.3. The Hall–Kier alpha value is -6.41. The van der Waals surface area contributed by atoms with Crippen LogP contribution in [0, 0.1) is 34.9 Å². The highest BCUT2D eigenvalue weighted by molar-refractivity contribution is 6.06. The minimum atomic E-state index is -0.605. The summed E-state index contributed by atoms with van der Waals surface area (Å²) in [6, 6.07) is 14.9. The summed E-state index contributed by atoms with van der Waals surface area (Å²) in [7, 11) is 0. The molecule has 2 unspecified atom stereocenters. The Morgan fingerprint density at radius 1 is 0.901 bits per heavy atom. The topological polar surface area (TPSA) is 160 Å². The minimum absolute atomic E-state index is 0.00720. The molecule has 3 amide bonds. The van der Waals surface area contributed by atoms with Gasteiger partial charge in [-0.25, -0.2) is 4.39 Å². The van der Waals surface area contributed by atoms with Crippen molar-refractivity contribution in [3.8, 4) is 35.4 Å². The number of pyridine rings is 1. The predicted octanol–water partition coefficient (Wildman–Crippen LogP) is 5.46. The van der Waals surface area contributed by atoms with Crippen LogP contribution in [0.1, 0.15) is 79.3 Å². The molecule has 6 aliphatic heterocycles. The number of piperazine rings is 2. The van der Waals surface area contributed by atoms with Crippen molar-refractivity contribution in [2.75, 3.05) is 81.9 Å². The van der Waals surface area contributed by atoms with Crippen molar-refractivity contribution in [3.05, 3.63) is 77.2 Å². The van der Waals surface area contributed by atoms with Gasteiger partial charge in [0.15, 0.2) is 5.82 Å². The van der Waals surface area contributed by atoms with Crippen LogP contribution in [0.15, 0.2) is 54.7 Å². The molecular formula is C55H59FN10O5. The van der Waals surface area contributed by atoms with Gasteiger partial charge < -0.3 is 34.8 Å². The maximum atomic E-state index is 17.2. The van der Waals surface area contributed by atoms with Crippen molar-refractivity contribution in [2.24, 2.45) is 16.7 Å². The van der Waals surface area contributed by atoms with Crippen LogP contribution in [0.2, 0.25) is 0 Å². The number of rotatable bonds is 11. The number of terminal acetylenes is 1. The van der Waals surface area contributed by atoms with E-state index in [9.17, 15) is 19.5 Å². The maximum absolute atomic E-state index is 17.2. The van der Waals surface area contributed by atoms with Gasteiger partial charge in [-0.3, -0.25) is 29.6 Å². The first-order valence-electron chi connectivity index (χ1n) is 25.7. The second-order valence-corrected chi connectivity index (χ2v) is 22.1. The second kappa shape index (κ2) is 17.1. The Kier molecular flexibility index (Phi) is 10.7. The lowest BCUT2D eigenvalue weighted by molar-refractivity contribution is -0.136. The first-order chi connectivity index (χ1) is 34.5. The van der Waals surface area contributed by atoms with E-state index < -0.39 is 11.9 Å².